The smallest absolute Gasteiger partial charge is 0.273 e. The number of carbonyl (C=O) groups excluding carboxylic acids is 1. The van der Waals surface area contributed by atoms with Crippen LogP contribution in [0.1, 0.15) is 57.0 Å². The molecule has 0 spiro atoms. The Balaban J connectivity index is 3.27. The van der Waals surface area contributed by atoms with Crippen LogP contribution in [0.5, 0.6) is 0 Å². The molecule has 0 fully saturated rings. The van der Waals surface area contributed by atoms with E-state index in [1.807, 2.05) is 34.6 Å². The maximum Gasteiger partial charge on any atom is 0.273 e. The molecule has 21 heavy (non-hydrogen) atoms. The van der Waals surface area contributed by atoms with Gasteiger partial charge in [0.25, 0.3) is 11.6 Å². The molecular weight excluding hydrogens is 268 g/mol. The van der Waals surface area contributed by atoms with Crippen LogP contribution in [0.2, 0.25) is 0 Å². The zero-order chi connectivity index (χ0) is 16.4. The Labute approximate surface area is 126 Å². The summed E-state index contributed by atoms with van der Waals surface area (Å²) >= 11 is 0. The molecular formula is C16H24N2O3. The summed E-state index contributed by atoms with van der Waals surface area (Å²) in [6, 6.07) is 4.85. The van der Waals surface area contributed by atoms with Crippen LogP contribution in [0.25, 0.3) is 0 Å². The van der Waals surface area contributed by atoms with Gasteiger partial charge in [0.1, 0.15) is 0 Å². The number of nitro groups is 1. The summed E-state index contributed by atoms with van der Waals surface area (Å²) in [7, 11) is 1.72. The minimum atomic E-state index is -0.416. The molecule has 1 aromatic carbocycles. The lowest BCUT2D eigenvalue weighted by Gasteiger charge is -2.24. The van der Waals surface area contributed by atoms with Crippen LogP contribution in [-0.4, -0.2) is 28.8 Å². The minimum absolute atomic E-state index is 0.00546. The van der Waals surface area contributed by atoms with Crippen molar-refractivity contribution >= 4 is 11.6 Å². The minimum Gasteiger partial charge on any atom is -0.339 e. The van der Waals surface area contributed by atoms with E-state index >= 15 is 0 Å². The molecule has 0 aliphatic heterocycles. The number of rotatable bonds is 4. The van der Waals surface area contributed by atoms with Gasteiger partial charge in [-0.15, -0.1) is 0 Å². The van der Waals surface area contributed by atoms with Crippen molar-refractivity contribution in [3.63, 3.8) is 0 Å². The van der Waals surface area contributed by atoms with Crippen molar-refractivity contribution in [2.24, 2.45) is 0 Å². The van der Waals surface area contributed by atoms with Crippen LogP contribution in [0, 0.1) is 10.1 Å². The summed E-state index contributed by atoms with van der Waals surface area (Å²) in [5.74, 6) is -0.187. The highest BCUT2D eigenvalue weighted by atomic mass is 16.6. The van der Waals surface area contributed by atoms with Gasteiger partial charge < -0.3 is 4.90 Å². The predicted molar refractivity (Wildman–Crippen MR) is 83.6 cm³/mol. The molecule has 5 nitrogen and oxygen atoms in total. The number of carbonyl (C=O) groups is 1. The third kappa shape index (κ3) is 3.80. The average Bonchev–Trinajstić information content (AvgIpc) is 2.43. The van der Waals surface area contributed by atoms with E-state index in [0.29, 0.717) is 11.1 Å². The van der Waals surface area contributed by atoms with E-state index in [9.17, 15) is 14.9 Å². The van der Waals surface area contributed by atoms with Crippen molar-refractivity contribution in [2.45, 2.75) is 52.5 Å². The molecule has 0 saturated carbocycles. The molecule has 0 aliphatic rings. The highest BCUT2D eigenvalue weighted by molar-refractivity contribution is 5.95. The van der Waals surface area contributed by atoms with Gasteiger partial charge in [-0.05, 0) is 24.8 Å². The number of hydrogen-bond acceptors (Lipinski definition) is 3. The SMILES string of the molecule is CCC(C)N(C)C(=O)c1ccc(C(C)(C)C)c([N+](=O)[O-])c1. The lowest BCUT2D eigenvalue weighted by atomic mass is 9.85. The zero-order valence-electron chi connectivity index (χ0n) is 13.6. The van der Waals surface area contributed by atoms with Crippen LogP contribution in [0.15, 0.2) is 18.2 Å². The third-order valence-electron chi connectivity index (χ3n) is 3.82. The van der Waals surface area contributed by atoms with Crippen LogP contribution >= 0.6 is 0 Å². The van der Waals surface area contributed by atoms with Crippen molar-refractivity contribution in [2.75, 3.05) is 7.05 Å². The molecule has 0 radical (unpaired) electrons. The monoisotopic (exact) mass is 292 g/mol. The molecule has 0 bridgehead atoms. The lowest BCUT2D eigenvalue weighted by Crippen LogP contribution is -2.34. The normalized spacial score (nSPS) is 12.9. The van der Waals surface area contributed by atoms with Gasteiger partial charge in [0.2, 0.25) is 0 Å². The zero-order valence-corrected chi connectivity index (χ0v) is 13.6. The highest BCUT2D eigenvalue weighted by Crippen LogP contribution is 2.32. The molecule has 0 N–H and O–H groups in total. The molecule has 116 valence electrons. The van der Waals surface area contributed by atoms with E-state index in [1.165, 1.54) is 6.07 Å². The van der Waals surface area contributed by atoms with Crippen LogP contribution in [0.3, 0.4) is 0 Å². The molecule has 0 heterocycles. The molecule has 1 aromatic rings. The van der Waals surface area contributed by atoms with E-state index in [1.54, 1.807) is 24.1 Å². The van der Waals surface area contributed by atoms with Crippen molar-refractivity contribution in [1.82, 2.24) is 4.90 Å². The lowest BCUT2D eigenvalue weighted by molar-refractivity contribution is -0.386. The number of nitro benzene ring substituents is 1. The Morgan fingerprint density at radius 1 is 1.38 bits per heavy atom. The largest absolute Gasteiger partial charge is 0.339 e. The number of nitrogens with zero attached hydrogens (tertiary/aromatic N) is 2. The van der Waals surface area contributed by atoms with Gasteiger partial charge in [0.05, 0.1) is 4.92 Å². The fraction of sp³-hybridized carbons (Fsp3) is 0.562. The van der Waals surface area contributed by atoms with E-state index in [4.69, 9.17) is 0 Å². The number of benzene rings is 1. The average molecular weight is 292 g/mol. The van der Waals surface area contributed by atoms with Crippen molar-refractivity contribution in [3.8, 4) is 0 Å². The Morgan fingerprint density at radius 3 is 2.38 bits per heavy atom. The Morgan fingerprint density at radius 2 is 1.95 bits per heavy atom. The first kappa shape index (κ1) is 17.1. The first-order valence-electron chi connectivity index (χ1n) is 7.15. The second-order valence-electron chi connectivity index (χ2n) is 6.41. The molecule has 5 heteroatoms. The quantitative estimate of drug-likeness (QED) is 0.627. The van der Waals surface area contributed by atoms with Crippen molar-refractivity contribution < 1.29 is 9.72 Å². The van der Waals surface area contributed by atoms with Gasteiger partial charge in [-0.2, -0.15) is 0 Å². The van der Waals surface area contributed by atoms with Crippen LogP contribution < -0.4 is 0 Å². The molecule has 1 atom stereocenters. The molecule has 0 saturated heterocycles. The molecule has 0 aliphatic carbocycles. The maximum atomic E-state index is 12.4. The summed E-state index contributed by atoms with van der Waals surface area (Å²) in [6.07, 6.45) is 0.838. The van der Waals surface area contributed by atoms with Gasteiger partial charge in [0, 0.05) is 30.3 Å². The summed E-state index contributed by atoms with van der Waals surface area (Å²) in [6.45, 7) is 9.71. The number of amides is 1. The molecule has 1 rings (SSSR count). The maximum absolute atomic E-state index is 12.4. The van der Waals surface area contributed by atoms with Gasteiger partial charge in [-0.25, -0.2) is 0 Å². The molecule has 0 aromatic heterocycles. The van der Waals surface area contributed by atoms with E-state index < -0.39 is 4.92 Å². The Hall–Kier alpha value is -1.91. The standard InChI is InChI=1S/C16H24N2O3/c1-7-11(2)17(6)15(19)12-8-9-13(16(3,4)5)14(10-12)18(20)21/h8-11H,7H2,1-6H3. The Bertz CT molecular complexity index is 547. The second-order valence-corrected chi connectivity index (χ2v) is 6.41. The van der Waals surface area contributed by atoms with Crippen molar-refractivity contribution in [1.29, 1.82) is 0 Å². The van der Waals surface area contributed by atoms with Gasteiger partial charge in [-0.1, -0.05) is 33.8 Å². The summed E-state index contributed by atoms with van der Waals surface area (Å²) in [5, 5.41) is 11.3. The predicted octanol–water partition coefficient (Wildman–Crippen LogP) is 3.76. The fourth-order valence-corrected chi connectivity index (χ4v) is 2.13. The molecule has 1 unspecified atom stereocenters. The highest BCUT2D eigenvalue weighted by Gasteiger charge is 2.27. The van der Waals surface area contributed by atoms with Crippen LogP contribution in [-0.2, 0) is 5.41 Å². The Kier molecular flexibility index (Phi) is 5.10. The van der Waals surface area contributed by atoms with Gasteiger partial charge >= 0.3 is 0 Å². The third-order valence-corrected chi connectivity index (χ3v) is 3.82. The van der Waals surface area contributed by atoms with Gasteiger partial charge in [-0.3, -0.25) is 14.9 Å². The second kappa shape index (κ2) is 6.24. The van der Waals surface area contributed by atoms with Gasteiger partial charge in [0.15, 0.2) is 0 Å². The van der Waals surface area contributed by atoms with Crippen molar-refractivity contribution in [3.05, 3.63) is 39.4 Å². The fourth-order valence-electron chi connectivity index (χ4n) is 2.13. The molecule has 1 amide bonds. The van der Waals surface area contributed by atoms with E-state index in [-0.39, 0.29) is 23.1 Å². The van der Waals surface area contributed by atoms with E-state index in [0.717, 1.165) is 6.42 Å². The first-order valence-corrected chi connectivity index (χ1v) is 7.15. The summed E-state index contributed by atoms with van der Waals surface area (Å²) in [4.78, 5) is 24.9. The first-order chi connectivity index (χ1) is 9.59. The number of hydrogen-bond donors (Lipinski definition) is 0. The topological polar surface area (TPSA) is 63.5 Å². The summed E-state index contributed by atoms with van der Waals surface area (Å²) < 4.78 is 0. The summed E-state index contributed by atoms with van der Waals surface area (Å²) in [5.41, 5.74) is 0.658. The van der Waals surface area contributed by atoms with Crippen LogP contribution in [0.4, 0.5) is 5.69 Å². The van der Waals surface area contributed by atoms with E-state index in [2.05, 4.69) is 0 Å².